The summed E-state index contributed by atoms with van der Waals surface area (Å²) in [5.41, 5.74) is 3.81. The monoisotopic (exact) mass is 392 g/mol. The minimum atomic E-state index is 0. The van der Waals surface area contributed by atoms with Crippen molar-refractivity contribution in [1.29, 1.82) is 0 Å². The Morgan fingerprint density at radius 3 is 2.48 bits per heavy atom. The van der Waals surface area contributed by atoms with E-state index in [2.05, 4.69) is 23.2 Å². The normalized spacial score (nSPS) is 10.6. The molecule has 0 unspecified atom stereocenters. The predicted molar refractivity (Wildman–Crippen MR) is 95.0 cm³/mol. The number of ketones is 1. The van der Waals surface area contributed by atoms with Crippen LogP contribution in [0.15, 0.2) is 73.1 Å². The van der Waals surface area contributed by atoms with Crippen molar-refractivity contribution in [3.63, 3.8) is 0 Å². The molecule has 0 aliphatic rings. The highest BCUT2D eigenvalue weighted by atomic mass is 79.9. The lowest BCUT2D eigenvalue weighted by atomic mass is 10.1. The van der Waals surface area contributed by atoms with Gasteiger partial charge in [-0.25, -0.2) is 4.98 Å². The van der Waals surface area contributed by atoms with Gasteiger partial charge in [0.25, 0.3) is 0 Å². The summed E-state index contributed by atoms with van der Waals surface area (Å²) in [6.45, 7) is 2.32. The molecule has 2 aromatic heterocycles. The summed E-state index contributed by atoms with van der Waals surface area (Å²) in [6, 6.07) is 19.9. The number of hydrogen-bond donors (Lipinski definition) is 0. The molecule has 0 N–H and O–H groups in total. The maximum absolute atomic E-state index is 12.7. The van der Waals surface area contributed by atoms with Crippen LogP contribution in [0.4, 0.5) is 0 Å². The standard InChI is InChI=1S/C21H17N2O.BrH/c1-15-6-8-16(9-7-15)19(24)14-23-13-3-5-18-11-10-17-4-2-12-22-20(17)21(18)23;/h2-13H,14H2,1H3;1H/q+1;/p-1. The van der Waals surface area contributed by atoms with Gasteiger partial charge >= 0.3 is 0 Å². The van der Waals surface area contributed by atoms with Crippen LogP contribution < -0.4 is 21.5 Å². The number of rotatable bonds is 3. The Morgan fingerprint density at radius 2 is 1.68 bits per heavy atom. The summed E-state index contributed by atoms with van der Waals surface area (Å²) < 4.78 is 1.99. The van der Waals surface area contributed by atoms with Gasteiger partial charge < -0.3 is 17.0 Å². The second-order valence-electron chi connectivity index (χ2n) is 6.00. The maximum Gasteiger partial charge on any atom is 0.239 e. The zero-order chi connectivity index (χ0) is 16.5. The second kappa shape index (κ2) is 7.11. The predicted octanol–water partition coefficient (Wildman–Crippen LogP) is 0.871. The fourth-order valence-electron chi connectivity index (χ4n) is 3.02. The number of benzene rings is 2. The number of nitrogens with zero attached hydrogens (tertiary/aromatic N) is 2. The Balaban J connectivity index is 0.00000182. The van der Waals surface area contributed by atoms with Crippen LogP contribution in [-0.4, -0.2) is 10.8 Å². The van der Waals surface area contributed by atoms with E-state index < -0.39 is 0 Å². The van der Waals surface area contributed by atoms with Gasteiger partial charge in [-0.05, 0) is 25.1 Å². The molecule has 0 saturated heterocycles. The Hall–Kier alpha value is -2.59. The number of aromatic nitrogens is 2. The first-order chi connectivity index (χ1) is 11.7. The highest BCUT2D eigenvalue weighted by Crippen LogP contribution is 2.20. The molecular weight excluding hydrogens is 376 g/mol. The van der Waals surface area contributed by atoms with E-state index in [1.807, 2.05) is 60.2 Å². The zero-order valence-electron chi connectivity index (χ0n) is 13.8. The van der Waals surface area contributed by atoms with Crippen LogP contribution in [0.1, 0.15) is 15.9 Å². The minimum Gasteiger partial charge on any atom is -1.00 e. The van der Waals surface area contributed by atoms with Crippen molar-refractivity contribution in [3.05, 3.63) is 84.2 Å². The van der Waals surface area contributed by atoms with Crippen molar-refractivity contribution in [2.24, 2.45) is 0 Å². The van der Waals surface area contributed by atoms with Gasteiger partial charge in [0.05, 0.1) is 0 Å². The van der Waals surface area contributed by atoms with E-state index in [0.717, 1.165) is 32.9 Å². The van der Waals surface area contributed by atoms with Crippen LogP contribution in [0.2, 0.25) is 0 Å². The first-order valence-electron chi connectivity index (χ1n) is 7.98. The molecule has 0 atom stereocenters. The molecule has 25 heavy (non-hydrogen) atoms. The van der Waals surface area contributed by atoms with E-state index >= 15 is 0 Å². The molecule has 2 heterocycles. The number of hydrogen-bond acceptors (Lipinski definition) is 2. The Labute approximate surface area is 156 Å². The van der Waals surface area contributed by atoms with Gasteiger partial charge in [-0.1, -0.05) is 42.0 Å². The summed E-state index contributed by atoms with van der Waals surface area (Å²) in [6.07, 6.45) is 3.74. The van der Waals surface area contributed by atoms with Crippen LogP contribution in [0, 0.1) is 6.92 Å². The summed E-state index contributed by atoms with van der Waals surface area (Å²) in [7, 11) is 0. The zero-order valence-corrected chi connectivity index (χ0v) is 15.4. The second-order valence-corrected chi connectivity index (χ2v) is 6.00. The molecule has 4 rings (SSSR count). The van der Waals surface area contributed by atoms with Gasteiger partial charge in [0.2, 0.25) is 17.8 Å². The average Bonchev–Trinajstić information content (AvgIpc) is 2.62. The van der Waals surface area contributed by atoms with Gasteiger partial charge in [-0.15, -0.1) is 0 Å². The summed E-state index contributed by atoms with van der Waals surface area (Å²) in [5.74, 6) is 0.0976. The Morgan fingerprint density at radius 1 is 0.960 bits per heavy atom. The largest absolute Gasteiger partial charge is 1.00 e. The molecule has 4 heteroatoms. The van der Waals surface area contributed by atoms with Crippen LogP contribution >= 0.6 is 0 Å². The van der Waals surface area contributed by atoms with Crippen LogP contribution in [-0.2, 0) is 6.54 Å². The highest BCUT2D eigenvalue weighted by molar-refractivity contribution is 6.01. The SMILES string of the molecule is Cc1ccc(C(=O)C[n+]2cccc3ccc4cccnc4c32)cc1.[Br-]. The molecule has 0 aliphatic heterocycles. The average molecular weight is 393 g/mol. The number of aryl methyl sites for hydroxylation is 1. The molecule has 124 valence electrons. The topological polar surface area (TPSA) is 33.8 Å². The third-order valence-electron chi connectivity index (χ3n) is 4.30. The van der Waals surface area contributed by atoms with Gasteiger partial charge in [-0.2, -0.15) is 4.57 Å². The van der Waals surface area contributed by atoms with Crippen molar-refractivity contribution < 1.29 is 26.3 Å². The van der Waals surface area contributed by atoms with Gasteiger partial charge in [-0.3, -0.25) is 4.79 Å². The lowest BCUT2D eigenvalue weighted by Gasteiger charge is -2.04. The number of Topliss-reactive ketones (excluding diaryl/α,β-unsaturated/α-hetero) is 1. The molecule has 0 spiro atoms. The molecular formula is C21H17BrN2O. The lowest BCUT2D eigenvalue weighted by Crippen LogP contribution is -3.00. The molecule has 4 aromatic rings. The third-order valence-corrected chi connectivity index (χ3v) is 4.30. The van der Waals surface area contributed by atoms with Crippen molar-refractivity contribution >= 4 is 27.6 Å². The fraction of sp³-hybridized carbons (Fsp3) is 0.0952. The van der Waals surface area contributed by atoms with Crippen molar-refractivity contribution in [2.75, 3.05) is 0 Å². The summed E-state index contributed by atoms with van der Waals surface area (Å²) in [5, 5.41) is 2.16. The molecule has 0 bridgehead atoms. The van der Waals surface area contributed by atoms with E-state index in [1.165, 1.54) is 0 Å². The van der Waals surface area contributed by atoms with Crippen LogP contribution in [0.5, 0.6) is 0 Å². The summed E-state index contributed by atoms with van der Waals surface area (Å²) in [4.78, 5) is 17.2. The Bertz CT molecular complexity index is 1060. The van der Waals surface area contributed by atoms with E-state index in [1.54, 1.807) is 6.20 Å². The smallest absolute Gasteiger partial charge is 0.239 e. The number of halogens is 1. The molecule has 0 radical (unpaired) electrons. The van der Waals surface area contributed by atoms with Crippen molar-refractivity contribution in [3.8, 4) is 0 Å². The summed E-state index contributed by atoms with van der Waals surface area (Å²) >= 11 is 0. The van der Waals surface area contributed by atoms with E-state index in [0.29, 0.717) is 6.54 Å². The van der Waals surface area contributed by atoms with Gasteiger partial charge in [0.1, 0.15) is 5.52 Å². The lowest BCUT2D eigenvalue weighted by molar-refractivity contribution is -0.656. The highest BCUT2D eigenvalue weighted by Gasteiger charge is 2.18. The number of pyridine rings is 2. The molecule has 0 aliphatic carbocycles. The van der Waals surface area contributed by atoms with Crippen LogP contribution in [0.25, 0.3) is 21.8 Å². The molecule has 2 aromatic carbocycles. The molecule has 0 fully saturated rings. The first kappa shape index (κ1) is 17.2. The number of carbonyl (C=O) groups excluding carboxylic acids is 1. The van der Waals surface area contributed by atoms with Gasteiger partial charge in [0.15, 0.2) is 6.20 Å². The first-order valence-corrected chi connectivity index (χ1v) is 7.98. The van der Waals surface area contributed by atoms with E-state index in [-0.39, 0.29) is 22.8 Å². The van der Waals surface area contributed by atoms with Crippen molar-refractivity contribution in [2.45, 2.75) is 13.5 Å². The molecule has 0 saturated carbocycles. The van der Waals surface area contributed by atoms with E-state index in [4.69, 9.17) is 0 Å². The maximum atomic E-state index is 12.7. The minimum absolute atomic E-state index is 0. The molecule has 3 nitrogen and oxygen atoms in total. The van der Waals surface area contributed by atoms with Crippen molar-refractivity contribution in [1.82, 2.24) is 4.98 Å². The van der Waals surface area contributed by atoms with Crippen LogP contribution in [0.3, 0.4) is 0 Å². The number of fused-ring (bicyclic) bond motifs is 3. The number of carbonyl (C=O) groups is 1. The molecule has 0 amide bonds. The fourth-order valence-corrected chi connectivity index (χ4v) is 3.02. The Kier molecular flexibility index (Phi) is 4.91. The quantitative estimate of drug-likeness (QED) is 0.294. The van der Waals surface area contributed by atoms with E-state index in [9.17, 15) is 4.79 Å². The van der Waals surface area contributed by atoms with Gasteiger partial charge in [0, 0.05) is 28.6 Å². The third kappa shape index (κ3) is 3.30.